The van der Waals surface area contributed by atoms with Gasteiger partial charge in [0, 0.05) is 37.8 Å². The third-order valence-electron chi connectivity index (χ3n) is 5.23. The highest BCUT2D eigenvalue weighted by atomic mass is 19.4. The Bertz CT molecular complexity index is 651. The average Bonchev–Trinajstić information content (AvgIpc) is 2.93. The molecule has 130 valence electrons. The normalized spacial score (nSPS) is 27.0. The van der Waals surface area contributed by atoms with Gasteiger partial charge in [-0.2, -0.15) is 18.4 Å². The van der Waals surface area contributed by atoms with Gasteiger partial charge in [0.2, 0.25) is 0 Å². The molecule has 1 aromatic carbocycles. The van der Waals surface area contributed by atoms with Gasteiger partial charge in [-0.05, 0) is 37.1 Å². The zero-order valence-electron chi connectivity index (χ0n) is 13.5. The summed E-state index contributed by atoms with van der Waals surface area (Å²) in [5, 5.41) is 12.3. The fourth-order valence-electron chi connectivity index (χ4n) is 3.99. The van der Waals surface area contributed by atoms with Crippen LogP contribution >= 0.6 is 0 Å². The molecule has 0 aromatic heterocycles. The second-order valence-electron chi connectivity index (χ2n) is 6.67. The lowest BCUT2D eigenvalue weighted by molar-refractivity contribution is -0.137. The number of rotatable bonds is 3. The summed E-state index contributed by atoms with van der Waals surface area (Å²) in [5.74, 6) is 0.344. The van der Waals surface area contributed by atoms with Gasteiger partial charge in [-0.15, -0.1) is 0 Å². The number of ether oxygens (including phenoxy) is 1. The molecular weight excluding hydrogens is 319 g/mol. The van der Waals surface area contributed by atoms with Crippen LogP contribution in [-0.2, 0) is 10.9 Å². The number of benzene rings is 1. The minimum absolute atomic E-state index is 0.0215. The topological polar surface area (TPSA) is 48.3 Å². The van der Waals surface area contributed by atoms with Gasteiger partial charge < -0.3 is 15.0 Å². The third-order valence-corrected chi connectivity index (χ3v) is 5.23. The van der Waals surface area contributed by atoms with Crippen LogP contribution in [-0.4, -0.2) is 39.9 Å². The third kappa shape index (κ3) is 2.96. The first kappa shape index (κ1) is 17.1. The number of nitrogens with zero attached hydrogens (tertiary/aromatic N) is 2. The number of anilines is 1. The molecule has 1 N–H and O–H groups in total. The summed E-state index contributed by atoms with van der Waals surface area (Å²) in [6.07, 6.45) is -3.58. The fourth-order valence-corrected chi connectivity index (χ4v) is 3.99. The van der Waals surface area contributed by atoms with Gasteiger partial charge in [-0.3, -0.25) is 0 Å². The molecule has 0 amide bonds. The highest BCUT2D eigenvalue weighted by Crippen LogP contribution is 2.43. The average molecular weight is 339 g/mol. The summed E-state index contributed by atoms with van der Waals surface area (Å²) >= 11 is 0. The largest absolute Gasteiger partial charge is 0.417 e. The van der Waals surface area contributed by atoms with Crippen LogP contribution in [0.2, 0.25) is 0 Å². The second-order valence-corrected chi connectivity index (χ2v) is 6.67. The van der Waals surface area contributed by atoms with Gasteiger partial charge in [0.25, 0.3) is 0 Å². The Morgan fingerprint density at radius 1 is 1.46 bits per heavy atom. The molecule has 4 nitrogen and oxygen atoms in total. The van der Waals surface area contributed by atoms with Crippen LogP contribution in [0.1, 0.15) is 17.5 Å². The number of alkyl halides is 3. The minimum Gasteiger partial charge on any atom is -0.384 e. The van der Waals surface area contributed by atoms with E-state index in [1.807, 2.05) is 4.90 Å². The molecule has 2 aliphatic rings. The summed E-state index contributed by atoms with van der Waals surface area (Å²) in [6.45, 7) is 3.73. The SMILES string of the molecule is COC[C@@]12CCNC[C@@H]1CN(c1ccc(C#N)c(C(F)(F)F)c1)C2. The molecule has 2 atom stereocenters. The number of fused-ring (bicyclic) bond motifs is 1. The number of methoxy groups -OCH3 is 1. The van der Waals surface area contributed by atoms with Crippen LogP contribution in [0, 0.1) is 22.7 Å². The molecule has 2 aliphatic heterocycles. The first-order chi connectivity index (χ1) is 11.4. The number of nitrogens with one attached hydrogen (secondary N) is 1. The highest BCUT2D eigenvalue weighted by Gasteiger charge is 2.48. The molecule has 0 saturated carbocycles. The molecule has 0 aliphatic carbocycles. The Labute approximate surface area is 139 Å². The van der Waals surface area contributed by atoms with Gasteiger partial charge in [0.15, 0.2) is 0 Å². The lowest BCUT2D eigenvalue weighted by atomic mass is 9.74. The Morgan fingerprint density at radius 2 is 2.25 bits per heavy atom. The molecule has 0 spiro atoms. The summed E-state index contributed by atoms with van der Waals surface area (Å²) in [5.41, 5.74) is -0.703. The van der Waals surface area contributed by atoms with Crippen molar-refractivity contribution in [2.45, 2.75) is 12.6 Å². The van der Waals surface area contributed by atoms with E-state index >= 15 is 0 Å². The molecule has 1 aromatic rings. The molecule has 0 unspecified atom stereocenters. The van der Waals surface area contributed by atoms with E-state index in [1.54, 1.807) is 19.2 Å². The van der Waals surface area contributed by atoms with Crippen molar-refractivity contribution < 1.29 is 17.9 Å². The summed E-state index contributed by atoms with van der Waals surface area (Å²) in [6, 6.07) is 5.61. The van der Waals surface area contributed by atoms with Gasteiger partial charge in [0.1, 0.15) is 0 Å². The first-order valence-electron chi connectivity index (χ1n) is 7.95. The minimum atomic E-state index is -4.53. The predicted octanol–water partition coefficient (Wildman–Crippen LogP) is 2.64. The maximum atomic E-state index is 13.2. The quantitative estimate of drug-likeness (QED) is 0.920. The molecule has 0 radical (unpaired) electrons. The van der Waals surface area contributed by atoms with Gasteiger partial charge in [0.05, 0.1) is 23.8 Å². The number of hydrogen-bond acceptors (Lipinski definition) is 4. The predicted molar refractivity (Wildman–Crippen MR) is 83.7 cm³/mol. The molecule has 2 fully saturated rings. The molecule has 2 heterocycles. The van der Waals surface area contributed by atoms with Gasteiger partial charge in [-0.25, -0.2) is 0 Å². The van der Waals surface area contributed by atoms with Crippen LogP contribution in [0.25, 0.3) is 0 Å². The second kappa shape index (κ2) is 6.26. The first-order valence-corrected chi connectivity index (χ1v) is 7.95. The summed E-state index contributed by atoms with van der Waals surface area (Å²) in [4.78, 5) is 1.99. The molecule has 0 bridgehead atoms. The zero-order chi connectivity index (χ0) is 17.4. The van der Waals surface area contributed by atoms with E-state index in [-0.39, 0.29) is 11.0 Å². The lowest BCUT2D eigenvalue weighted by Crippen LogP contribution is -2.47. The Kier molecular flexibility index (Phi) is 4.45. The summed E-state index contributed by atoms with van der Waals surface area (Å²) in [7, 11) is 1.67. The molecule has 3 rings (SSSR count). The number of halogens is 3. The van der Waals surface area contributed by atoms with E-state index in [2.05, 4.69) is 5.32 Å². The van der Waals surface area contributed by atoms with E-state index in [1.165, 1.54) is 6.07 Å². The highest BCUT2D eigenvalue weighted by molar-refractivity contribution is 5.56. The van der Waals surface area contributed by atoms with Crippen molar-refractivity contribution in [1.82, 2.24) is 5.32 Å². The molecule has 24 heavy (non-hydrogen) atoms. The van der Waals surface area contributed by atoms with Crippen molar-refractivity contribution in [2.75, 3.05) is 44.8 Å². The Hall–Kier alpha value is -1.78. The molecular formula is C17H20F3N3O. The van der Waals surface area contributed by atoms with Crippen molar-refractivity contribution >= 4 is 5.69 Å². The van der Waals surface area contributed by atoms with Crippen LogP contribution < -0.4 is 10.2 Å². The fraction of sp³-hybridized carbons (Fsp3) is 0.588. The van der Waals surface area contributed by atoms with Crippen molar-refractivity contribution in [3.63, 3.8) is 0 Å². The maximum absolute atomic E-state index is 13.2. The standard InChI is InChI=1S/C17H20F3N3O/c1-24-11-16-4-5-22-8-13(16)9-23(10-16)14-3-2-12(7-21)15(6-14)17(18,19)20/h2-3,6,13,22H,4-5,8-11H2,1H3/t13-,16+/m1/s1. The van der Waals surface area contributed by atoms with E-state index in [0.717, 1.165) is 25.6 Å². The number of nitriles is 1. The van der Waals surface area contributed by atoms with Crippen molar-refractivity contribution in [1.29, 1.82) is 5.26 Å². The van der Waals surface area contributed by atoms with Crippen LogP contribution in [0.4, 0.5) is 18.9 Å². The zero-order valence-corrected chi connectivity index (χ0v) is 13.5. The molecule has 7 heteroatoms. The van der Waals surface area contributed by atoms with Gasteiger partial charge >= 0.3 is 6.18 Å². The Balaban J connectivity index is 1.92. The van der Waals surface area contributed by atoms with Crippen LogP contribution in [0.15, 0.2) is 18.2 Å². The van der Waals surface area contributed by atoms with E-state index in [9.17, 15) is 13.2 Å². The Morgan fingerprint density at radius 3 is 2.92 bits per heavy atom. The van der Waals surface area contributed by atoms with Crippen LogP contribution in [0.3, 0.4) is 0 Å². The van der Waals surface area contributed by atoms with Crippen molar-refractivity contribution in [3.8, 4) is 6.07 Å². The maximum Gasteiger partial charge on any atom is 0.417 e. The van der Waals surface area contributed by atoms with Gasteiger partial charge in [-0.1, -0.05) is 0 Å². The van der Waals surface area contributed by atoms with E-state index in [0.29, 0.717) is 31.3 Å². The monoisotopic (exact) mass is 339 g/mol. The van der Waals surface area contributed by atoms with E-state index < -0.39 is 11.7 Å². The smallest absolute Gasteiger partial charge is 0.384 e. The number of hydrogen-bond donors (Lipinski definition) is 1. The van der Waals surface area contributed by atoms with E-state index in [4.69, 9.17) is 10.00 Å². The summed E-state index contributed by atoms with van der Waals surface area (Å²) < 4.78 is 45.0. The number of piperidine rings is 1. The van der Waals surface area contributed by atoms with Crippen molar-refractivity contribution in [2.24, 2.45) is 11.3 Å². The van der Waals surface area contributed by atoms with Crippen molar-refractivity contribution in [3.05, 3.63) is 29.3 Å². The molecule has 2 saturated heterocycles. The van der Waals surface area contributed by atoms with Crippen LogP contribution in [0.5, 0.6) is 0 Å². The lowest BCUT2D eigenvalue weighted by Gasteiger charge is -2.38.